The number of piperidine rings is 1. The van der Waals surface area contributed by atoms with Crippen LogP contribution in [-0.2, 0) is 27.8 Å². The van der Waals surface area contributed by atoms with E-state index in [4.69, 9.17) is 4.74 Å². The van der Waals surface area contributed by atoms with E-state index in [1.807, 2.05) is 17.0 Å². The highest BCUT2D eigenvalue weighted by Gasteiger charge is 2.52. The van der Waals surface area contributed by atoms with Gasteiger partial charge >= 0.3 is 12.1 Å². The topological polar surface area (TPSA) is 58.6 Å². The number of nitrogens with zero attached hydrogens (tertiary/aromatic N) is 1. The Balaban J connectivity index is 1.32. The Morgan fingerprint density at radius 2 is 1.77 bits per heavy atom. The second-order valence-corrected chi connectivity index (χ2v) is 10.3. The molecule has 3 aliphatic rings. The molecule has 2 aliphatic carbocycles. The lowest BCUT2D eigenvalue weighted by Crippen LogP contribution is -2.53. The first kappa shape index (κ1) is 23.9. The molecule has 2 aromatic carbocycles. The van der Waals surface area contributed by atoms with E-state index in [-0.39, 0.29) is 17.4 Å². The molecular weight excluding hydrogens is 457 g/mol. The third-order valence-corrected chi connectivity index (χ3v) is 7.87. The summed E-state index contributed by atoms with van der Waals surface area (Å²) in [5, 5.41) is 3.26. The SMILES string of the molecule is COC(=O)c1ccc(C2(NC(=O)C3CC4(CCN3Cc3cccc(C(F)(F)F)c3)CC4)CC2)cc1. The van der Waals surface area contributed by atoms with Crippen LogP contribution in [0.2, 0.25) is 0 Å². The van der Waals surface area contributed by atoms with Crippen molar-refractivity contribution in [1.82, 2.24) is 10.2 Å². The van der Waals surface area contributed by atoms with Crippen molar-refractivity contribution in [3.8, 4) is 0 Å². The van der Waals surface area contributed by atoms with Gasteiger partial charge in [-0.15, -0.1) is 0 Å². The van der Waals surface area contributed by atoms with Gasteiger partial charge < -0.3 is 10.1 Å². The van der Waals surface area contributed by atoms with E-state index in [2.05, 4.69) is 5.32 Å². The number of methoxy groups -OCH3 is 1. The Kier molecular flexibility index (Phi) is 5.90. The van der Waals surface area contributed by atoms with Gasteiger partial charge in [-0.3, -0.25) is 9.69 Å². The molecular formula is C27H29F3N2O3. The molecule has 35 heavy (non-hydrogen) atoms. The number of halogens is 3. The molecule has 1 spiro atoms. The minimum atomic E-state index is -4.39. The second-order valence-electron chi connectivity index (χ2n) is 10.3. The predicted molar refractivity (Wildman–Crippen MR) is 123 cm³/mol. The fourth-order valence-electron chi connectivity index (χ4n) is 5.31. The largest absolute Gasteiger partial charge is 0.465 e. The molecule has 2 aromatic rings. The number of rotatable bonds is 6. The second kappa shape index (κ2) is 8.66. The molecule has 1 heterocycles. The number of hydrogen-bond acceptors (Lipinski definition) is 4. The van der Waals surface area contributed by atoms with Crippen LogP contribution in [-0.4, -0.2) is 36.5 Å². The summed E-state index contributed by atoms with van der Waals surface area (Å²) in [7, 11) is 1.33. The minimum Gasteiger partial charge on any atom is -0.465 e. The molecule has 0 radical (unpaired) electrons. The van der Waals surface area contributed by atoms with Gasteiger partial charge in [-0.05, 0) is 79.8 Å². The zero-order chi connectivity index (χ0) is 24.8. The van der Waals surface area contributed by atoms with Crippen molar-refractivity contribution < 1.29 is 27.5 Å². The van der Waals surface area contributed by atoms with Gasteiger partial charge in [-0.1, -0.05) is 30.3 Å². The van der Waals surface area contributed by atoms with Gasteiger partial charge in [-0.2, -0.15) is 13.2 Å². The molecule has 1 aliphatic heterocycles. The molecule has 8 heteroatoms. The first-order valence-electron chi connectivity index (χ1n) is 12.0. The highest BCUT2D eigenvalue weighted by Crippen LogP contribution is 2.55. The average molecular weight is 487 g/mol. The first-order valence-corrected chi connectivity index (χ1v) is 12.0. The number of nitrogens with one attached hydrogen (secondary N) is 1. The van der Waals surface area contributed by atoms with Gasteiger partial charge in [0.1, 0.15) is 0 Å². The number of benzene rings is 2. The van der Waals surface area contributed by atoms with Crippen molar-refractivity contribution in [2.24, 2.45) is 5.41 Å². The third kappa shape index (κ3) is 4.94. The summed E-state index contributed by atoms with van der Waals surface area (Å²) < 4.78 is 44.4. The van der Waals surface area contributed by atoms with Crippen molar-refractivity contribution in [2.45, 2.75) is 62.8 Å². The zero-order valence-electron chi connectivity index (χ0n) is 19.7. The highest BCUT2D eigenvalue weighted by atomic mass is 19.4. The van der Waals surface area contributed by atoms with Crippen LogP contribution < -0.4 is 5.32 Å². The van der Waals surface area contributed by atoms with Crippen LogP contribution in [0.3, 0.4) is 0 Å². The quantitative estimate of drug-likeness (QED) is 0.581. The van der Waals surface area contributed by atoms with Crippen molar-refractivity contribution in [1.29, 1.82) is 0 Å². The van der Waals surface area contributed by atoms with E-state index in [0.29, 0.717) is 24.2 Å². The van der Waals surface area contributed by atoms with Crippen LogP contribution in [0, 0.1) is 5.41 Å². The lowest BCUT2D eigenvalue weighted by molar-refractivity contribution is -0.137. The molecule has 5 rings (SSSR count). The van der Waals surface area contributed by atoms with Gasteiger partial charge in [0, 0.05) is 6.54 Å². The summed E-state index contributed by atoms with van der Waals surface area (Å²) in [5.74, 6) is -0.481. The summed E-state index contributed by atoms with van der Waals surface area (Å²) >= 11 is 0. The number of alkyl halides is 3. The Hall–Kier alpha value is -2.87. The number of amides is 1. The Bertz CT molecular complexity index is 1120. The number of ether oxygens (including phenoxy) is 1. The molecule has 2 saturated carbocycles. The molecule has 1 N–H and O–H groups in total. The number of likely N-dealkylation sites (tertiary alicyclic amines) is 1. The number of hydrogen-bond donors (Lipinski definition) is 1. The predicted octanol–water partition coefficient (Wildman–Crippen LogP) is 5.04. The van der Waals surface area contributed by atoms with Crippen LogP contribution >= 0.6 is 0 Å². The van der Waals surface area contributed by atoms with Crippen LogP contribution in [0.5, 0.6) is 0 Å². The van der Waals surface area contributed by atoms with Gasteiger partial charge in [-0.25, -0.2) is 4.79 Å². The van der Waals surface area contributed by atoms with Gasteiger partial charge in [0.25, 0.3) is 0 Å². The molecule has 1 saturated heterocycles. The molecule has 1 atom stereocenters. The first-order chi connectivity index (χ1) is 16.6. The molecule has 3 fully saturated rings. The van der Waals surface area contributed by atoms with Crippen molar-refractivity contribution in [2.75, 3.05) is 13.7 Å². The monoisotopic (exact) mass is 486 g/mol. The lowest BCUT2D eigenvalue weighted by Gasteiger charge is -2.40. The lowest BCUT2D eigenvalue weighted by atomic mass is 9.86. The van der Waals surface area contributed by atoms with Crippen molar-refractivity contribution in [3.05, 3.63) is 70.8 Å². The van der Waals surface area contributed by atoms with E-state index >= 15 is 0 Å². The fourth-order valence-corrected chi connectivity index (χ4v) is 5.31. The highest BCUT2D eigenvalue weighted by molar-refractivity contribution is 5.89. The summed E-state index contributed by atoms with van der Waals surface area (Å²) in [6.45, 7) is 0.994. The Labute approximate surface area is 202 Å². The minimum absolute atomic E-state index is 0.0718. The summed E-state index contributed by atoms with van der Waals surface area (Å²) in [4.78, 5) is 27.4. The molecule has 1 amide bonds. The molecule has 0 bridgehead atoms. The number of carbonyl (C=O) groups excluding carboxylic acids is 2. The van der Waals surface area contributed by atoms with E-state index < -0.39 is 23.2 Å². The summed E-state index contributed by atoms with van der Waals surface area (Å²) in [6.07, 6.45) is 1.13. The molecule has 1 unspecified atom stereocenters. The van der Waals surface area contributed by atoms with Crippen molar-refractivity contribution >= 4 is 11.9 Å². The van der Waals surface area contributed by atoms with Gasteiger partial charge in [0.15, 0.2) is 0 Å². The Morgan fingerprint density at radius 3 is 2.37 bits per heavy atom. The Morgan fingerprint density at radius 1 is 1.06 bits per heavy atom. The van der Waals surface area contributed by atoms with Crippen molar-refractivity contribution in [3.63, 3.8) is 0 Å². The number of esters is 1. The molecule has 5 nitrogen and oxygen atoms in total. The molecule has 0 aromatic heterocycles. The zero-order valence-corrected chi connectivity index (χ0v) is 19.7. The van der Waals surface area contributed by atoms with E-state index in [1.54, 1.807) is 18.2 Å². The van der Waals surface area contributed by atoms with E-state index in [9.17, 15) is 22.8 Å². The van der Waals surface area contributed by atoms with E-state index in [0.717, 1.165) is 50.2 Å². The van der Waals surface area contributed by atoms with Gasteiger partial charge in [0.05, 0.1) is 29.8 Å². The summed E-state index contributed by atoms with van der Waals surface area (Å²) in [5.41, 5.74) is 1.03. The standard InChI is InChI=1S/C27H29F3N2O3/c1-35-24(34)19-5-7-20(8-6-19)26(11-12-26)31-23(33)22-16-25(9-10-25)13-14-32(22)17-18-3-2-4-21(15-18)27(28,29)30/h2-8,15,22H,9-14,16-17H2,1H3,(H,31,33). The average Bonchev–Trinajstić information content (AvgIpc) is 3.78. The van der Waals surface area contributed by atoms with Crippen LogP contribution in [0.15, 0.2) is 48.5 Å². The normalized spacial score (nSPS) is 22.5. The van der Waals surface area contributed by atoms with Crippen LogP contribution in [0.1, 0.15) is 65.6 Å². The van der Waals surface area contributed by atoms with Crippen LogP contribution in [0.25, 0.3) is 0 Å². The maximum Gasteiger partial charge on any atom is 0.416 e. The fraction of sp³-hybridized carbons (Fsp3) is 0.481. The van der Waals surface area contributed by atoms with E-state index in [1.165, 1.54) is 19.2 Å². The maximum atomic E-state index is 13.6. The van der Waals surface area contributed by atoms with Crippen LogP contribution in [0.4, 0.5) is 13.2 Å². The molecule has 186 valence electrons. The summed E-state index contributed by atoms with van der Waals surface area (Å²) in [6, 6.07) is 12.1. The maximum absolute atomic E-state index is 13.6. The third-order valence-electron chi connectivity index (χ3n) is 7.87. The smallest absolute Gasteiger partial charge is 0.416 e. The van der Waals surface area contributed by atoms with Gasteiger partial charge in [0.2, 0.25) is 5.91 Å². The number of carbonyl (C=O) groups is 2.